The number of pyridine rings is 1. The number of halogens is 1. The molecule has 1 atom stereocenters. The quantitative estimate of drug-likeness (QED) is 0.647. The summed E-state index contributed by atoms with van der Waals surface area (Å²) in [5.41, 5.74) is 4.03. The van der Waals surface area contributed by atoms with Crippen LogP contribution in [0.2, 0.25) is 5.02 Å². The highest BCUT2D eigenvalue weighted by molar-refractivity contribution is 7.10. The van der Waals surface area contributed by atoms with Crippen LogP contribution in [0.25, 0.3) is 0 Å². The van der Waals surface area contributed by atoms with Crippen LogP contribution in [-0.2, 0) is 6.42 Å². The maximum absolute atomic E-state index is 6.10. The Labute approximate surface area is 110 Å². The highest BCUT2D eigenvalue weighted by atomic mass is 35.5. The van der Waals surface area contributed by atoms with E-state index in [0.717, 1.165) is 22.7 Å². The summed E-state index contributed by atoms with van der Waals surface area (Å²) in [5.74, 6) is 5.58. The van der Waals surface area contributed by atoms with E-state index in [9.17, 15) is 0 Å². The van der Waals surface area contributed by atoms with Crippen LogP contribution in [0.4, 0.5) is 0 Å². The highest BCUT2D eigenvalue weighted by Crippen LogP contribution is 2.30. The zero-order valence-corrected chi connectivity index (χ0v) is 10.8. The number of nitrogens with two attached hydrogens (primary N) is 1. The number of nitrogens with one attached hydrogen (secondary N) is 1. The minimum atomic E-state index is 0.0997. The average Bonchev–Trinajstić information content (AvgIpc) is 2.78. The second-order valence-electron chi connectivity index (χ2n) is 3.75. The predicted molar refractivity (Wildman–Crippen MR) is 72.0 cm³/mol. The van der Waals surface area contributed by atoms with Gasteiger partial charge in [0.15, 0.2) is 0 Å². The van der Waals surface area contributed by atoms with Gasteiger partial charge >= 0.3 is 0 Å². The van der Waals surface area contributed by atoms with Crippen LogP contribution in [0.3, 0.4) is 0 Å². The zero-order chi connectivity index (χ0) is 12.1. The van der Waals surface area contributed by atoms with Gasteiger partial charge in [-0.2, -0.15) is 0 Å². The number of aryl methyl sites for hydroxylation is 1. The number of thiophene rings is 1. The van der Waals surface area contributed by atoms with Gasteiger partial charge in [0, 0.05) is 17.3 Å². The molecule has 3 N–H and O–H groups in total. The predicted octanol–water partition coefficient (Wildman–Crippen LogP) is 2.93. The van der Waals surface area contributed by atoms with Crippen LogP contribution >= 0.6 is 22.9 Å². The molecule has 0 saturated heterocycles. The molecule has 17 heavy (non-hydrogen) atoms. The summed E-state index contributed by atoms with van der Waals surface area (Å²) in [6.07, 6.45) is 5.49. The Kier molecular flexibility index (Phi) is 4.50. The number of hydrogen-bond donors (Lipinski definition) is 2. The van der Waals surface area contributed by atoms with Gasteiger partial charge < -0.3 is 0 Å². The first-order valence-corrected chi connectivity index (χ1v) is 6.65. The largest absolute Gasteiger partial charge is 0.271 e. The van der Waals surface area contributed by atoms with E-state index >= 15 is 0 Å². The summed E-state index contributed by atoms with van der Waals surface area (Å²) in [5, 5.41) is 2.76. The summed E-state index contributed by atoms with van der Waals surface area (Å²) in [4.78, 5) is 5.19. The van der Waals surface area contributed by atoms with Crippen molar-refractivity contribution < 1.29 is 0 Å². The Morgan fingerprint density at radius 1 is 1.47 bits per heavy atom. The van der Waals surface area contributed by atoms with Crippen LogP contribution < -0.4 is 11.3 Å². The normalized spacial score (nSPS) is 12.6. The van der Waals surface area contributed by atoms with Gasteiger partial charge in [-0.3, -0.25) is 16.3 Å². The molecule has 1 unspecified atom stereocenters. The van der Waals surface area contributed by atoms with Crippen molar-refractivity contribution in [1.29, 1.82) is 0 Å². The minimum Gasteiger partial charge on any atom is -0.271 e. The molecule has 0 fully saturated rings. The van der Waals surface area contributed by atoms with Gasteiger partial charge in [0.25, 0.3) is 0 Å². The van der Waals surface area contributed by atoms with Crippen molar-refractivity contribution in [3.05, 3.63) is 51.4 Å². The van der Waals surface area contributed by atoms with E-state index in [1.54, 1.807) is 17.5 Å². The van der Waals surface area contributed by atoms with E-state index in [0.29, 0.717) is 0 Å². The van der Waals surface area contributed by atoms with E-state index in [-0.39, 0.29) is 6.04 Å². The number of aromatic nitrogens is 1. The first-order valence-electron chi connectivity index (χ1n) is 5.39. The third-order valence-corrected chi connectivity index (χ3v) is 4.08. The van der Waals surface area contributed by atoms with E-state index in [1.807, 2.05) is 23.7 Å². The average molecular weight is 268 g/mol. The molecule has 0 radical (unpaired) electrons. The molecule has 0 aliphatic rings. The molecule has 0 aliphatic carbocycles. The lowest BCUT2D eigenvalue weighted by molar-refractivity contribution is 0.524. The molecule has 0 bridgehead atoms. The van der Waals surface area contributed by atoms with E-state index in [4.69, 9.17) is 17.4 Å². The lowest BCUT2D eigenvalue weighted by Crippen LogP contribution is -2.28. The van der Waals surface area contributed by atoms with Gasteiger partial charge in [-0.1, -0.05) is 17.7 Å². The topological polar surface area (TPSA) is 50.9 Å². The maximum Gasteiger partial charge on any atom is 0.0571 e. The first-order chi connectivity index (χ1) is 8.31. The van der Waals surface area contributed by atoms with Gasteiger partial charge in [0.1, 0.15) is 0 Å². The molecule has 5 heteroatoms. The lowest BCUT2D eigenvalue weighted by atomic mass is 10.1. The summed E-state index contributed by atoms with van der Waals surface area (Å²) in [7, 11) is 0. The minimum absolute atomic E-state index is 0.0997. The van der Waals surface area contributed by atoms with Crippen molar-refractivity contribution in [3.63, 3.8) is 0 Å². The molecule has 0 saturated carbocycles. The monoisotopic (exact) mass is 267 g/mol. The summed E-state index contributed by atoms with van der Waals surface area (Å²) in [6.45, 7) is 0. The third-order valence-electron chi connectivity index (χ3n) is 2.61. The fourth-order valence-electron chi connectivity index (χ4n) is 1.70. The molecule has 2 aromatic rings. The summed E-state index contributed by atoms with van der Waals surface area (Å²) < 4.78 is 0. The Hall–Kier alpha value is -0.940. The smallest absolute Gasteiger partial charge is 0.0571 e. The second-order valence-corrected chi connectivity index (χ2v) is 5.11. The molecule has 2 heterocycles. The molecule has 0 aliphatic heterocycles. The van der Waals surface area contributed by atoms with Gasteiger partial charge in [-0.15, -0.1) is 11.3 Å². The fourth-order valence-corrected chi connectivity index (χ4v) is 2.99. The number of rotatable bonds is 5. The molecule has 2 rings (SSSR count). The Morgan fingerprint density at radius 3 is 2.94 bits per heavy atom. The molecule has 0 aromatic carbocycles. The zero-order valence-electron chi connectivity index (χ0n) is 9.27. The molecular weight excluding hydrogens is 254 g/mol. The van der Waals surface area contributed by atoms with E-state index < -0.39 is 0 Å². The van der Waals surface area contributed by atoms with Crippen LogP contribution in [0.1, 0.15) is 22.9 Å². The number of hydrazine groups is 1. The highest BCUT2D eigenvalue weighted by Gasteiger charge is 2.14. The van der Waals surface area contributed by atoms with Crippen molar-refractivity contribution in [3.8, 4) is 0 Å². The Morgan fingerprint density at radius 2 is 2.35 bits per heavy atom. The Bertz CT molecular complexity index is 458. The van der Waals surface area contributed by atoms with Gasteiger partial charge in [-0.05, 0) is 35.9 Å². The molecule has 2 aromatic heterocycles. The summed E-state index contributed by atoms with van der Waals surface area (Å²) in [6, 6.07) is 6.01. The summed E-state index contributed by atoms with van der Waals surface area (Å²) >= 11 is 7.72. The van der Waals surface area contributed by atoms with Gasteiger partial charge in [-0.25, -0.2) is 0 Å². The van der Waals surface area contributed by atoms with Crippen molar-refractivity contribution in [2.75, 3.05) is 0 Å². The van der Waals surface area contributed by atoms with Gasteiger partial charge in [0.2, 0.25) is 0 Å². The SMILES string of the molecule is NNC(CCc1cccnc1)c1sccc1Cl. The van der Waals surface area contributed by atoms with Crippen LogP contribution in [0.5, 0.6) is 0 Å². The number of nitrogens with zero attached hydrogens (tertiary/aromatic N) is 1. The van der Waals surface area contributed by atoms with Crippen LogP contribution in [-0.4, -0.2) is 4.98 Å². The second kappa shape index (κ2) is 6.12. The third kappa shape index (κ3) is 3.26. The standard InChI is InChI=1S/C12H14ClN3S/c13-10-5-7-17-12(10)11(16-14)4-3-9-2-1-6-15-8-9/h1-2,5-8,11,16H,3-4,14H2. The van der Waals surface area contributed by atoms with Crippen molar-refractivity contribution in [2.24, 2.45) is 5.84 Å². The maximum atomic E-state index is 6.10. The molecule has 0 spiro atoms. The van der Waals surface area contributed by atoms with Crippen molar-refractivity contribution in [1.82, 2.24) is 10.4 Å². The van der Waals surface area contributed by atoms with Crippen LogP contribution in [0.15, 0.2) is 36.0 Å². The van der Waals surface area contributed by atoms with Crippen LogP contribution in [0, 0.1) is 0 Å². The molecule has 90 valence electrons. The fraction of sp³-hybridized carbons (Fsp3) is 0.250. The van der Waals surface area contributed by atoms with E-state index in [2.05, 4.69) is 16.5 Å². The Balaban J connectivity index is 2.00. The van der Waals surface area contributed by atoms with Crippen molar-refractivity contribution >= 4 is 22.9 Å². The lowest BCUT2D eigenvalue weighted by Gasteiger charge is -2.14. The first kappa shape index (κ1) is 12.5. The molecular formula is C12H14ClN3S. The van der Waals surface area contributed by atoms with Crippen molar-refractivity contribution in [2.45, 2.75) is 18.9 Å². The molecule has 0 amide bonds. The van der Waals surface area contributed by atoms with E-state index in [1.165, 1.54) is 5.56 Å². The number of hydrogen-bond acceptors (Lipinski definition) is 4. The molecule has 3 nitrogen and oxygen atoms in total. The van der Waals surface area contributed by atoms with Gasteiger partial charge in [0.05, 0.1) is 11.1 Å².